The van der Waals surface area contributed by atoms with Gasteiger partial charge in [-0.3, -0.25) is 14.5 Å². The maximum atomic E-state index is 12.7. The van der Waals surface area contributed by atoms with Crippen molar-refractivity contribution in [3.05, 3.63) is 93.5 Å². The van der Waals surface area contributed by atoms with Crippen LogP contribution in [-0.4, -0.2) is 119 Å². The van der Waals surface area contributed by atoms with Crippen molar-refractivity contribution >= 4 is 22.8 Å². The molecule has 4 heterocycles. The van der Waals surface area contributed by atoms with Crippen LogP contribution in [0.3, 0.4) is 0 Å². The number of hydrogen-bond acceptors (Lipinski definition) is 11. The molecule has 2 aromatic carbocycles. The Morgan fingerprint density at radius 2 is 1.94 bits per heavy atom. The number of phenols is 1. The van der Waals surface area contributed by atoms with Crippen molar-refractivity contribution in [2.45, 2.75) is 57.3 Å². The number of aromatic amines is 1. The van der Waals surface area contributed by atoms with Gasteiger partial charge in [-0.25, -0.2) is 9.97 Å². The highest BCUT2D eigenvalue weighted by molar-refractivity contribution is 5.87. The predicted molar refractivity (Wildman–Crippen MR) is 204 cm³/mol. The van der Waals surface area contributed by atoms with Gasteiger partial charge in [-0.05, 0) is 60.6 Å². The molecule has 1 atom stereocenters. The Labute approximate surface area is 311 Å². The third-order valence-corrected chi connectivity index (χ3v) is 10.4. The minimum atomic E-state index is -0.856. The summed E-state index contributed by atoms with van der Waals surface area (Å²) in [6.07, 6.45) is 4.96. The number of phenolic OH excluding ortho intramolecular Hbond substituents is 1. The second kappa shape index (κ2) is 18.1. The number of aromatic hydroxyl groups is 1. The van der Waals surface area contributed by atoms with Crippen molar-refractivity contribution in [2.75, 3.05) is 77.6 Å². The van der Waals surface area contributed by atoms with Gasteiger partial charge in [0.05, 0.1) is 50.0 Å². The monoisotopic (exact) mass is 727 g/mol. The Kier molecular flexibility index (Phi) is 13.1. The number of ether oxygens (including phenoxy) is 2. The van der Waals surface area contributed by atoms with Gasteiger partial charge in [0.25, 0.3) is 0 Å². The average molecular weight is 728 g/mol. The van der Waals surface area contributed by atoms with Crippen LogP contribution < -0.4 is 15.8 Å². The topological polar surface area (TPSA) is 156 Å². The van der Waals surface area contributed by atoms with E-state index in [1.54, 1.807) is 24.1 Å². The van der Waals surface area contributed by atoms with Crippen LogP contribution in [0.2, 0.25) is 0 Å². The van der Waals surface area contributed by atoms with Gasteiger partial charge < -0.3 is 39.8 Å². The van der Waals surface area contributed by atoms with Gasteiger partial charge in [0.2, 0.25) is 17.4 Å². The van der Waals surface area contributed by atoms with E-state index < -0.39 is 6.10 Å². The molecule has 4 N–H and O–H groups in total. The number of morpholine rings is 1. The number of nitrogens with one attached hydrogen (secondary N) is 2. The number of hydrogen-bond donors (Lipinski definition) is 4. The first kappa shape index (κ1) is 38.3. The number of aliphatic hydroxyl groups excluding tert-OH is 1. The molecule has 13 nitrogen and oxygen atoms in total. The number of fused-ring (bicyclic) bond motifs is 1. The fourth-order valence-electron chi connectivity index (χ4n) is 7.22. The lowest BCUT2D eigenvalue weighted by atomic mass is 9.89. The zero-order valence-corrected chi connectivity index (χ0v) is 30.9. The molecular weight excluding hydrogens is 674 g/mol. The summed E-state index contributed by atoms with van der Waals surface area (Å²) in [4.78, 5) is 42.7. The number of H-pyrrole nitrogens is 1. The number of carbonyl (C=O) groups is 1. The highest BCUT2D eigenvalue weighted by Crippen LogP contribution is 2.32. The number of carbonyl (C=O) groups excluding carboxylic acids is 1. The number of aryl methyl sites for hydroxylation is 1. The van der Waals surface area contributed by atoms with Crippen molar-refractivity contribution in [3.8, 4) is 5.75 Å². The van der Waals surface area contributed by atoms with Crippen LogP contribution in [0.4, 0.5) is 5.95 Å². The van der Waals surface area contributed by atoms with Gasteiger partial charge in [0, 0.05) is 76.2 Å². The summed E-state index contributed by atoms with van der Waals surface area (Å²) in [5, 5.41) is 24.6. The van der Waals surface area contributed by atoms with E-state index in [-0.39, 0.29) is 29.4 Å². The van der Waals surface area contributed by atoms with Crippen LogP contribution in [0.5, 0.6) is 5.75 Å². The van der Waals surface area contributed by atoms with Crippen LogP contribution in [0.15, 0.2) is 65.6 Å². The summed E-state index contributed by atoms with van der Waals surface area (Å²) in [6, 6.07) is 16.7. The van der Waals surface area contributed by atoms with Crippen LogP contribution in [-0.2, 0) is 33.7 Å². The molecule has 0 saturated carbocycles. The molecule has 0 aliphatic carbocycles. The van der Waals surface area contributed by atoms with Crippen LogP contribution >= 0.6 is 0 Å². The van der Waals surface area contributed by atoms with E-state index in [2.05, 4.69) is 56.3 Å². The maximum absolute atomic E-state index is 12.7. The number of rotatable bonds is 16. The summed E-state index contributed by atoms with van der Waals surface area (Å²) >= 11 is 0. The third kappa shape index (κ3) is 10.2. The Balaban J connectivity index is 0.854. The SMILES string of the molecule is CCc1ccnc(N2CCOC3(CCN(Cc4cccc(CCOCCC(=O)N(C)CCNC[C@H](O)c5ccc(O)c6[nH]c(=O)ccc56)c4)CC3)C2)n1. The van der Waals surface area contributed by atoms with Crippen molar-refractivity contribution in [2.24, 2.45) is 0 Å². The summed E-state index contributed by atoms with van der Waals surface area (Å²) in [7, 11) is 1.76. The number of amides is 1. The van der Waals surface area contributed by atoms with Crippen molar-refractivity contribution in [1.82, 2.24) is 30.1 Å². The van der Waals surface area contributed by atoms with Crippen LogP contribution in [0, 0.1) is 0 Å². The van der Waals surface area contributed by atoms with E-state index in [9.17, 15) is 19.8 Å². The quantitative estimate of drug-likeness (QED) is 0.126. The molecular formula is C40H53N7O6. The zero-order valence-electron chi connectivity index (χ0n) is 30.9. The average Bonchev–Trinajstić information content (AvgIpc) is 3.17. The van der Waals surface area contributed by atoms with Crippen LogP contribution in [0.1, 0.15) is 54.7 Å². The Morgan fingerprint density at radius 1 is 1.11 bits per heavy atom. The van der Waals surface area contributed by atoms with Gasteiger partial charge in [0.15, 0.2) is 0 Å². The Morgan fingerprint density at radius 3 is 2.77 bits per heavy atom. The molecule has 1 spiro atoms. The first-order valence-electron chi connectivity index (χ1n) is 18.8. The molecule has 2 saturated heterocycles. The smallest absolute Gasteiger partial charge is 0.248 e. The van der Waals surface area contributed by atoms with E-state index in [0.29, 0.717) is 55.8 Å². The number of piperidine rings is 1. The molecule has 2 aliphatic heterocycles. The first-order valence-corrected chi connectivity index (χ1v) is 18.8. The van der Waals surface area contributed by atoms with E-state index in [1.165, 1.54) is 23.3 Å². The first-order chi connectivity index (χ1) is 25.7. The number of pyridine rings is 1. The molecule has 284 valence electrons. The van der Waals surface area contributed by atoms with Gasteiger partial charge in [-0.2, -0.15) is 0 Å². The lowest BCUT2D eigenvalue weighted by molar-refractivity contribution is -0.131. The highest BCUT2D eigenvalue weighted by Gasteiger charge is 2.40. The molecule has 0 bridgehead atoms. The molecule has 6 rings (SSSR count). The van der Waals surface area contributed by atoms with Crippen molar-refractivity contribution < 1.29 is 24.5 Å². The number of aliphatic hydroxyl groups is 1. The summed E-state index contributed by atoms with van der Waals surface area (Å²) in [5.41, 5.74) is 4.00. The third-order valence-electron chi connectivity index (χ3n) is 10.4. The van der Waals surface area contributed by atoms with Crippen molar-refractivity contribution in [1.29, 1.82) is 0 Å². The molecule has 0 radical (unpaired) electrons. The Bertz CT molecular complexity index is 1880. The summed E-state index contributed by atoms with van der Waals surface area (Å²) in [6.45, 7) is 9.48. The molecule has 2 aliphatic rings. The molecule has 2 aromatic heterocycles. The van der Waals surface area contributed by atoms with Crippen molar-refractivity contribution in [3.63, 3.8) is 0 Å². The number of likely N-dealkylation sites (tertiary alicyclic amines) is 1. The Hall–Kier alpha value is -4.40. The number of benzene rings is 2. The van der Waals surface area contributed by atoms with Gasteiger partial charge in [0.1, 0.15) is 5.75 Å². The van der Waals surface area contributed by atoms with Gasteiger partial charge in [-0.15, -0.1) is 0 Å². The van der Waals surface area contributed by atoms with Crippen LogP contribution in [0.25, 0.3) is 10.9 Å². The van der Waals surface area contributed by atoms with Gasteiger partial charge in [-0.1, -0.05) is 37.3 Å². The highest BCUT2D eigenvalue weighted by atomic mass is 16.5. The number of nitrogens with zero attached hydrogens (tertiary/aromatic N) is 5. The van der Waals surface area contributed by atoms with E-state index in [0.717, 1.165) is 70.0 Å². The molecule has 13 heteroatoms. The van der Waals surface area contributed by atoms with E-state index >= 15 is 0 Å². The maximum Gasteiger partial charge on any atom is 0.248 e. The fourth-order valence-corrected chi connectivity index (χ4v) is 7.22. The molecule has 53 heavy (non-hydrogen) atoms. The van der Waals surface area contributed by atoms with E-state index in [4.69, 9.17) is 14.5 Å². The molecule has 2 fully saturated rings. The second-order valence-electron chi connectivity index (χ2n) is 14.2. The normalized spacial score (nSPS) is 16.6. The lowest BCUT2D eigenvalue weighted by Crippen LogP contribution is -2.57. The second-order valence-corrected chi connectivity index (χ2v) is 14.2. The standard InChI is InChI=1S/C40H53N7O6/c1-3-31-11-16-42-39(43-31)47-21-24-53-40(28-47)14-18-46(19-15-40)27-30-6-4-5-29(25-30)12-22-52-23-13-37(51)45(2)20-17-41-26-35(49)32-7-9-34(48)38-33(32)8-10-36(50)44-38/h4-11,16,25,35,41,48-49H,3,12-15,17-24,26-28H2,1-2H3,(H,44,50)/t35-/m0/s1. The van der Waals surface area contributed by atoms with Gasteiger partial charge >= 0.3 is 0 Å². The number of aromatic nitrogens is 3. The van der Waals surface area contributed by atoms with E-state index in [1.807, 2.05) is 12.3 Å². The molecule has 0 unspecified atom stereocenters. The largest absolute Gasteiger partial charge is 0.506 e. The zero-order chi connectivity index (χ0) is 37.2. The summed E-state index contributed by atoms with van der Waals surface area (Å²) < 4.78 is 12.2. The number of anilines is 1. The predicted octanol–water partition coefficient (Wildman–Crippen LogP) is 3.19. The summed E-state index contributed by atoms with van der Waals surface area (Å²) in [5.74, 6) is 0.763. The molecule has 4 aromatic rings. The minimum Gasteiger partial charge on any atom is -0.506 e. The lowest BCUT2D eigenvalue weighted by Gasteiger charge is -2.47. The number of likely N-dealkylation sites (N-methyl/N-ethyl adjacent to an activating group) is 1. The minimum absolute atomic E-state index is 0.00324. The fraction of sp³-hybridized carbons (Fsp3) is 0.500. The molecule has 1 amide bonds.